The number of nitrogens with zero attached hydrogens (tertiary/aromatic N) is 2. The molecule has 0 fully saturated rings. The fourth-order valence-corrected chi connectivity index (χ4v) is 6.15. The van der Waals surface area contributed by atoms with Crippen LogP contribution in [0.5, 0.6) is 0 Å². The van der Waals surface area contributed by atoms with Crippen molar-refractivity contribution in [2.24, 2.45) is 0 Å². The lowest BCUT2D eigenvalue weighted by atomic mass is 10.1. The van der Waals surface area contributed by atoms with E-state index >= 15 is 0 Å². The summed E-state index contributed by atoms with van der Waals surface area (Å²) in [7, 11) is 0. The highest BCUT2D eigenvalue weighted by atomic mass is 27.1. The summed E-state index contributed by atoms with van der Waals surface area (Å²) < 4.78 is 5.09. The highest BCUT2D eigenvalue weighted by Crippen LogP contribution is 2.32. The number of aromatic nitrogens is 2. The van der Waals surface area contributed by atoms with Gasteiger partial charge in [0, 0.05) is 43.3 Å². The first kappa shape index (κ1) is 16.8. The van der Waals surface area contributed by atoms with Gasteiger partial charge in [-0.15, -0.1) is 0 Å². The quantitative estimate of drug-likeness (QED) is 0.498. The van der Waals surface area contributed by atoms with E-state index in [9.17, 15) is 0 Å². The Balaban J connectivity index is 2.41. The van der Waals surface area contributed by atoms with Crippen molar-refractivity contribution in [2.45, 2.75) is 18.5 Å². The van der Waals surface area contributed by atoms with Crippen LogP contribution in [0, 0.1) is 0 Å². The van der Waals surface area contributed by atoms with E-state index in [4.69, 9.17) is 0 Å². The second-order valence-electron chi connectivity index (χ2n) is 6.12. The van der Waals surface area contributed by atoms with E-state index in [2.05, 4.69) is 80.7 Å². The van der Waals surface area contributed by atoms with Gasteiger partial charge in [-0.2, -0.15) is 0 Å². The molecule has 120 valence electrons. The van der Waals surface area contributed by atoms with Crippen LogP contribution in [0.1, 0.15) is 6.92 Å². The van der Waals surface area contributed by atoms with E-state index in [0.29, 0.717) is 0 Å². The molecule has 0 saturated carbocycles. The van der Waals surface area contributed by atoms with Gasteiger partial charge >= 0.3 is 30.9 Å². The highest BCUT2D eigenvalue weighted by Gasteiger charge is 2.16. The number of allylic oxidation sites excluding steroid dienone is 1. The zero-order valence-corrected chi connectivity index (χ0v) is 17.3. The number of para-hydroxylation sites is 1. The molecule has 4 heteroatoms. The lowest BCUT2D eigenvalue weighted by molar-refractivity contribution is 1.20. The summed E-state index contributed by atoms with van der Waals surface area (Å²) in [5, 5.41) is 6.70. The third kappa shape index (κ3) is 2.30. The molecule has 2 heterocycles. The minimum absolute atomic E-state index is 0.151. The Kier molecular flexibility index (Phi) is 4.41. The number of rotatable bonds is 3. The van der Waals surface area contributed by atoms with Crippen molar-refractivity contribution < 1.29 is 0 Å². The fourth-order valence-electron chi connectivity index (χ4n) is 4.05. The molecule has 0 aliphatic carbocycles. The van der Waals surface area contributed by atoms with Gasteiger partial charge < -0.3 is 7.10 Å². The van der Waals surface area contributed by atoms with Crippen LogP contribution >= 0.6 is 0 Å². The van der Waals surface area contributed by atoms with Crippen LogP contribution in [-0.2, 0) is 0 Å². The molecule has 0 unspecified atom stereocenters. The summed E-state index contributed by atoms with van der Waals surface area (Å²) in [4.78, 5) is 0. The molecule has 0 N–H and O–H groups in total. The topological polar surface area (TPSA) is 9.86 Å². The molecule has 2 nitrogen and oxygen atoms in total. The maximum Gasteiger partial charge on any atom is 0.374 e. The lowest BCUT2D eigenvalue weighted by Gasteiger charge is -2.09. The number of hydrogen-bond acceptors (Lipinski definition) is 0. The van der Waals surface area contributed by atoms with Gasteiger partial charge in [-0.3, -0.25) is 0 Å². The first-order valence-corrected chi connectivity index (χ1v) is 12.0. The molecule has 0 spiro atoms. The van der Waals surface area contributed by atoms with Crippen LogP contribution in [0.25, 0.3) is 44.9 Å². The van der Waals surface area contributed by atoms with Crippen LogP contribution in [-0.4, -0.2) is 38.0 Å². The standard InChI is InChI=1S/C19H14N2.2CH3.2Al/c1-3-7-12-14-10-11-15-13-8-5-6-9-17(13)21-19(15)18(14)20-16(12)4-2;;;;/h3-11H,1H2,2H3;2*1H3;;/q-2;;;2*+1/b12-7-,16-4+;;;;. The van der Waals surface area contributed by atoms with Gasteiger partial charge in [0.15, 0.2) is 0 Å². The van der Waals surface area contributed by atoms with Gasteiger partial charge in [0.05, 0.1) is 0 Å². The van der Waals surface area contributed by atoms with Crippen LogP contribution in [0.4, 0.5) is 0 Å². The smallest absolute Gasteiger partial charge is 0.374 e. The van der Waals surface area contributed by atoms with E-state index in [1.807, 2.05) is 6.08 Å². The van der Waals surface area contributed by atoms with Crippen molar-refractivity contribution in [1.82, 2.24) is 7.10 Å². The second-order valence-corrected chi connectivity index (χ2v) is 8.19. The predicted octanol–water partition coefficient (Wildman–Crippen LogP) is 3.55. The number of benzene rings is 2. The Bertz CT molecular complexity index is 1240. The molecule has 4 rings (SSSR count). The molecular formula is C21H20Al2N2. The maximum absolute atomic E-state index is 3.93. The van der Waals surface area contributed by atoms with Crippen molar-refractivity contribution in [1.29, 1.82) is 0 Å². The molecule has 0 aliphatic rings. The van der Waals surface area contributed by atoms with E-state index in [1.165, 1.54) is 43.3 Å². The van der Waals surface area contributed by atoms with Crippen LogP contribution in [0.2, 0.25) is 11.6 Å². The molecule has 0 bridgehead atoms. The Labute approximate surface area is 160 Å². The summed E-state index contributed by atoms with van der Waals surface area (Å²) in [5.74, 6) is 4.63. The number of fused-ring (bicyclic) bond motifs is 5. The van der Waals surface area contributed by atoms with E-state index in [1.54, 1.807) is 0 Å². The Hall–Kier alpha value is -1.68. The third-order valence-corrected chi connectivity index (χ3v) is 7.09. The second kappa shape index (κ2) is 6.56. The zero-order chi connectivity index (χ0) is 17.6. The summed E-state index contributed by atoms with van der Waals surface area (Å²) in [6.45, 7) is 6.07. The Morgan fingerprint density at radius 1 is 0.880 bits per heavy atom. The molecule has 2 aromatic carbocycles. The normalized spacial score (nSPS) is 13.2. The van der Waals surface area contributed by atoms with Crippen LogP contribution in [0.15, 0.2) is 49.1 Å². The highest BCUT2D eigenvalue weighted by molar-refractivity contribution is 6.41. The summed E-state index contributed by atoms with van der Waals surface area (Å²) in [6, 6.07) is 13.4. The van der Waals surface area contributed by atoms with Crippen molar-refractivity contribution in [3.8, 4) is 0 Å². The maximum atomic E-state index is 3.93. The molecule has 2 radical (unpaired) electrons. The van der Waals surface area contributed by atoms with E-state index < -0.39 is 0 Å². The fraction of sp³-hybridized carbons (Fsp3) is 0.143. The monoisotopic (exact) mass is 354 g/mol. The minimum Gasteiger partial charge on any atom is -0.440 e. The van der Waals surface area contributed by atoms with Crippen LogP contribution < -0.4 is 10.6 Å². The van der Waals surface area contributed by atoms with Crippen molar-refractivity contribution >= 4 is 75.7 Å². The molecule has 2 aromatic heterocycles. The first-order chi connectivity index (χ1) is 12.3. The SMILES string of the molecule is C=C/C=c1\c(=C/C)[n]([Al][CH3])c2c1ccc1c3ccccc3[n]([Al][CH3])c12. The molecule has 0 aliphatic heterocycles. The van der Waals surface area contributed by atoms with E-state index in [0.717, 1.165) is 0 Å². The van der Waals surface area contributed by atoms with Crippen LogP contribution in [0.3, 0.4) is 0 Å². The molecule has 0 saturated heterocycles. The van der Waals surface area contributed by atoms with Gasteiger partial charge in [-0.25, -0.2) is 0 Å². The Morgan fingerprint density at radius 2 is 1.56 bits per heavy atom. The van der Waals surface area contributed by atoms with Crippen molar-refractivity contribution in [3.05, 3.63) is 59.6 Å². The summed E-state index contributed by atoms with van der Waals surface area (Å²) >= 11 is 0.317. The van der Waals surface area contributed by atoms with Gasteiger partial charge in [-0.1, -0.05) is 66.7 Å². The molecule has 4 aromatic rings. The minimum atomic E-state index is 0.151. The summed E-state index contributed by atoms with van der Waals surface area (Å²) in [5.41, 5.74) is 4.15. The Morgan fingerprint density at radius 3 is 2.24 bits per heavy atom. The van der Waals surface area contributed by atoms with Gasteiger partial charge in [-0.05, 0) is 13.0 Å². The zero-order valence-electron chi connectivity index (χ0n) is 15.0. The first-order valence-electron chi connectivity index (χ1n) is 8.70. The average molecular weight is 354 g/mol. The molecule has 0 amide bonds. The van der Waals surface area contributed by atoms with Crippen molar-refractivity contribution in [2.75, 3.05) is 0 Å². The van der Waals surface area contributed by atoms with Gasteiger partial charge in [0.2, 0.25) is 0 Å². The van der Waals surface area contributed by atoms with Crippen molar-refractivity contribution in [3.63, 3.8) is 0 Å². The number of hydrogen-bond donors (Lipinski definition) is 0. The molecular weight excluding hydrogens is 334 g/mol. The third-order valence-electron chi connectivity index (χ3n) is 4.99. The van der Waals surface area contributed by atoms with Gasteiger partial charge in [0.25, 0.3) is 0 Å². The van der Waals surface area contributed by atoms with E-state index in [-0.39, 0.29) is 30.9 Å². The lowest BCUT2D eigenvalue weighted by Crippen LogP contribution is -2.30. The molecule has 0 atom stereocenters. The predicted molar refractivity (Wildman–Crippen MR) is 113 cm³/mol. The molecule has 25 heavy (non-hydrogen) atoms. The average Bonchev–Trinajstić information content (AvgIpc) is 3.13. The largest absolute Gasteiger partial charge is 0.440 e. The van der Waals surface area contributed by atoms with Gasteiger partial charge in [0.1, 0.15) is 0 Å². The summed E-state index contributed by atoms with van der Waals surface area (Å²) in [6.07, 6.45) is 6.30.